The van der Waals surface area contributed by atoms with E-state index in [4.69, 9.17) is 4.74 Å². The minimum Gasteiger partial charge on any atom is -0.466 e. The van der Waals surface area contributed by atoms with Crippen LogP contribution in [-0.2, 0) is 9.53 Å². The molecule has 0 N–H and O–H groups in total. The number of nitrogens with zero attached hydrogens (tertiary/aromatic N) is 1. The lowest BCUT2D eigenvalue weighted by molar-refractivity contribution is -0.149. The predicted octanol–water partition coefficient (Wildman–Crippen LogP) is 2.82. The first-order valence-electron chi connectivity index (χ1n) is 6.22. The molecule has 1 fully saturated rings. The van der Waals surface area contributed by atoms with Crippen molar-refractivity contribution in [3.8, 4) is 0 Å². The van der Waals surface area contributed by atoms with Gasteiger partial charge in [0.25, 0.3) is 0 Å². The molecule has 0 radical (unpaired) electrons. The number of piperidine rings is 1. The summed E-state index contributed by atoms with van der Waals surface area (Å²) in [6, 6.07) is 0. The number of likely N-dealkylation sites (tertiary alicyclic amines) is 1. The Morgan fingerprint density at radius 3 is 2.25 bits per heavy atom. The molecule has 1 heterocycles. The average Bonchev–Trinajstić information content (AvgIpc) is 2.32. The number of carbonyl (C=O) groups is 1. The van der Waals surface area contributed by atoms with E-state index < -0.39 is 0 Å². The first kappa shape index (κ1) is 15.0. The molecule has 0 aliphatic carbocycles. The van der Waals surface area contributed by atoms with Gasteiger partial charge in [-0.05, 0) is 26.7 Å². The van der Waals surface area contributed by atoms with Gasteiger partial charge in [-0.1, -0.05) is 20.4 Å². The van der Waals surface area contributed by atoms with Crippen LogP contribution in [0.5, 0.6) is 0 Å². The SMILES string of the molecule is C=C(C)N1CCC(C(=O)OCC)CC1.CC. The van der Waals surface area contributed by atoms with Crippen LogP contribution in [0.25, 0.3) is 0 Å². The summed E-state index contributed by atoms with van der Waals surface area (Å²) in [6.07, 6.45) is 1.79. The summed E-state index contributed by atoms with van der Waals surface area (Å²) in [5, 5.41) is 0. The smallest absolute Gasteiger partial charge is 0.309 e. The highest BCUT2D eigenvalue weighted by atomic mass is 16.5. The number of ether oxygens (including phenoxy) is 1. The molecule has 0 aromatic carbocycles. The lowest BCUT2D eigenvalue weighted by Crippen LogP contribution is -2.35. The highest BCUT2D eigenvalue weighted by Gasteiger charge is 2.25. The molecule has 16 heavy (non-hydrogen) atoms. The molecule has 0 amide bonds. The molecule has 1 rings (SSSR count). The zero-order valence-corrected chi connectivity index (χ0v) is 11.1. The van der Waals surface area contributed by atoms with Gasteiger partial charge in [0.2, 0.25) is 0 Å². The van der Waals surface area contributed by atoms with E-state index in [1.54, 1.807) is 0 Å². The third-order valence-corrected chi connectivity index (χ3v) is 2.65. The molecule has 0 spiro atoms. The van der Waals surface area contributed by atoms with Gasteiger partial charge in [0.15, 0.2) is 0 Å². The molecule has 0 saturated carbocycles. The van der Waals surface area contributed by atoms with Crippen molar-refractivity contribution < 1.29 is 9.53 Å². The van der Waals surface area contributed by atoms with Crippen LogP contribution >= 0.6 is 0 Å². The van der Waals surface area contributed by atoms with Crippen molar-refractivity contribution in [1.29, 1.82) is 0 Å². The summed E-state index contributed by atoms with van der Waals surface area (Å²) >= 11 is 0. The van der Waals surface area contributed by atoms with Crippen LogP contribution in [0, 0.1) is 5.92 Å². The van der Waals surface area contributed by atoms with E-state index in [0.717, 1.165) is 31.6 Å². The van der Waals surface area contributed by atoms with E-state index >= 15 is 0 Å². The zero-order chi connectivity index (χ0) is 12.6. The second kappa shape index (κ2) is 8.20. The lowest BCUT2D eigenvalue weighted by Gasteiger charge is -2.32. The topological polar surface area (TPSA) is 29.5 Å². The molecule has 0 bridgehead atoms. The molecule has 0 aromatic heterocycles. The van der Waals surface area contributed by atoms with Gasteiger partial charge in [-0.3, -0.25) is 4.79 Å². The van der Waals surface area contributed by atoms with Crippen LogP contribution in [0.2, 0.25) is 0 Å². The summed E-state index contributed by atoms with van der Waals surface area (Å²) in [5.41, 5.74) is 1.09. The molecule has 0 atom stereocenters. The van der Waals surface area contributed by atoms with Gasteiger partial charge in [0.1, 0.15) is 0 Å². The van der Waals surface area contributed by atoms with Gasteiger partial charge in [-0.15, -0.1) is 0 Å². The number of hydrogen-bond donors (Lipinski definition) is 0. The maximum Gasteiger partial charge on any atom is 0.309 e. The Kier molecular flexibility index (Phi) is 7.69. The number of allylic oxidation sites excluding steroid dienone is 1. The van der Waals surface area contributed by atoms with Gasteiger partial charge in [0, 0.05) is 18.8 Å². The van der Waals surface area contributed by atoms with Crippen LogP contribution in [-0.4, -0.2) is 30.6 Å². The molecule has 0 aromatic rings. The fraction of sp³-hybridized carbons (Fsp3) is 0.769. The van der Waals surface area contributed by atoms with Crippen molar-refractivity contribution in [3.63, 3.8) is 0 Å². The number of carbonyl (C=O) groups excluding carboxylic acids is 1. The Balaban J connectivity index is 0.00000106. The van der Waals surface area contributed by atoms with Crippen LogP contribution in [0.15, 0.2) is 12.3 Å². The summed E-state index contributed by atoms with van der Waals surface area (Å²) in [4.78, 5) is 13.6. The molecule has 3 heteroatoms. The van der Waals surface area contributed by atoms with E-state index in [1.165, 1.54) is 0 Å². The van der Waals surface area contributed by atoms with E-state index in [2.05, 4.69) is 11.5 Å². The van der Waals surface area contributed by atoms with Crippen molar-refractivity contribution in [2.24, 2.45) is 5.92 Å². The number of hydrogen-bond acceptors (Lipinski definition) is 3. The van der Waals surface area contributed by atoms with Crippen molar-refractivity contribution in [3.05, 3.63) is 12.3 Å². The standard InChI is InChI=1S/C11H19NO2.C2H6/c1-4-14-11(13)10-5-7-12(8-6-10)9(2)3;1-2/h10H,2,4-8H2,1,3H3;1-2H3. The van der Waals surface area contributed by atoms with Gasteiger partial charge < -0.3 is 9.64 Å². The third kappa shape index (κ3) is 4.69. The van der Waals surface area contributed by atoms with Crippen LogP contribution in [0.4, 0.5) is 0 Å². The summed E-state index contributed by atoms with van der Waals surface area (Å²) in [6.45, 7) is 14.1. The summed E-state index contributed by atoms with van der Waals surface area (Å²) in [5.74, 6) is 0.0689. The molecule has 94 valence electrons. The molecule has 3 nitrogen and oxygen atoms in total. The summed E-state index contributed by atoms with van der Waals surface area (Å²) in [7, 11) is 0. The van der Waals surface area contributed by atoms with E-state index in [1.807, 2.05) is 27.7 Å². The van der Waals surface area contributed by atoms with Crippen molar-refractivity contribution in [2.45, 2.75) is 40.5 Å². The Morgan fingerprint density at radius 2 is 1.88 bits per heavy atom. The van der Waals surface area contributed by atoms with Gasteiger partial charge >= 0.3 is 5.97 Å². The van der Waals surface area contributed by atoms with Crippen LogP contribution in [0.1, 0.15) is 40.5 Å². The van der Waals surface area contributed by atoms with Crippen molar-refractivity contribution >= 4 is 5.97 Å². The fourth-order valence-electron chi connectivity index (χ4n) is 1.76. The summed E-state index contributed by atoms with van der Waals surface area (Å²) < 4.78 is 5.00. The third-order valence-electron chi connectivity index (χ3n) is 2.65. The molecule has 1 aliphatic heterocycles. The maximum absolute atomic E-state index is 11.4. The molecular formula is C13H25NO2. The van der Waals surface area contributed by atoms with Crippen LogP contribution < -0.4 is 0 Å². The predicted molar refractivity (Wildman–Crippen MR) is 67.1 cm³/mol. The molecule has 0 unspecified atom stereocenters. The molecule has 1 saturated heterocycles. The van der Waals surface area contributed by atoms with Gasteiger partial charge in [0.05, 0.1) is 12.5 Å². The molecule has 1 aliphatic rings. The second-order valence-corrected chi connectivity index (χ2v) is 3.75. The minimum atomic E-state index is -0.0335. The average molecular weight is 227 g/mol. The zero-order valence-electron chi connectivity index (χ0n) is 11.1. The largest absolute Gasteiger partial charge is 0.466 e. The Hall–Kier alpha value is -0.990. The normalized spacial score (nSPS) is 16.1. The number of rotatable bonds is 3. The van der Waals surface area contributed by atoms with E-state index in [-0.39, 0.29) is 11.9 Å². The van der Waals surface area contributed by atoms with Crippen molar-refractivity contribution in [1.82, 2.24) is 4.90 Å². The minimum absolute atomic E-state index is 0.0335. The lowest BCUT2D eigenvalue weighted by atomic mass is 9.97. The Bertz CT molecular complexity index is 218. The highest BCUT2D eigenvalue weighted by Crippen LogP contribution is 2.20. The first-order chi connectivity index (χ1) is 7.65. The van der Waals surface area contributed by atoms with Gasteiger partial charge in [-0.25, -0.2) is 0 Å². The maximum atomic E-state index is 11.4. The molecular weight excluding hydrogens is 202 g/mol. The Labute approximate surface area is 99.5 Å². The fourth-order valence-corrected chi connectivity index (χ4v) is 1.76. The monoisotopic (exact) mass is 227 g/mol. The quantitative estimate of drug-likeness (QED) is 0.694. The van der Waals surface area contributed by atoms with Gasteiger partial charge in [-0.2, -0.15) is 0 Å². The Morgan fingerprint density at radius 1 is 1.38 bits per heavy atom. The van der Waals surface area contributed by atoms with Crippen molar-refractivity contribution in [2.75, 3.05) is 19.7 Å². The van der Waals surface area contributed by atoms with E-state index in [9.17, 15) is 4.79 Å². The highest BCUT2D eigenvalue weighted by molar-refractivity contribution is 5.72. The number of esters is 1. The van der Waals surface area contributed by atoms with E-state index in [0.29, 0.717) is 6.61 Å². The second-order valence-electron chi connectivity index (χ2n) is 3.75. The van der Waals surface area contributed by atoms with Crippen LogP contribution in [0.3, 0.4) is 0 Å². The first-order valence-corrected chi connectivity index (χ1v) is 6.22.